The lowest BCUT2D eigenvalue weighted by Gasteiger charge is -2.13. The normalized spacial score (nSPS) is 11.2. The summed E-state index contributed by atoms with van der Waals surface area (Å²) in [6, 6.07) is 13.4. The quantitative estimate of drug-likeness (QED) is 0.512. The highest BCUT2D eigenvalue weighted by Crippen LogP contribution is 2.20. The zero-order chi connectivity index (χ0) is 19.1. The molecule has 0 aliphatic carbocycles. The van der Waals surface area contributed by atoms with Gasteiger partial charge in [0.1, 0.15) is 10.5 Å². The summed E-state index contributed by atoms with van der Waals surface area (Å²) in [5.74, 6) is -0.606. The molecule has 2 aromatic carbocycles. The average Bonchev–Trinajstić information content (AvgIpc) is 3.13. The monoisotopic (exact) mass is 400 g/mol. The highest BCUT2D eigenvalue weighted by molar-refractivity contribution is 7.17. The van der Waals surface area contributed by atoms with Crippen molar-refractivity contribution in [3.63, 3.8) is 0 Å². The van der Waals surface area contributed by atoms with Crippen LogP contribution in [0.25, 0.3) is 15.9 Å². The molecule has 0 unspecified atom stereocenters. The first-order chi connectivity index (χ1) is 13.0. The molecule has 2 aromatic heterocycles. The van der Waals surface area contributed by atoms with Crippen molar-refractivity contribution < 1.29 is 4.39 Å². The predicted octanol–water partition coefficient (Wildman–Crippen LogP) is 4.36. The summed E-state index contributed by atoms with van der Waals surface area (Å²) < 4.78 is 16.6. The Balaban J connectivity index is 1.97. The molecule has 0 saturated carbocycles. The first kappa shape index (κ1) is 17.7. The Kier molecular flexibility index (Phi) is 4.45. The summed E-state index contributed by atoms with van der Waals surface area (Å²) in [6.07, 6.45) is 0. The van der Waals surface area contributed by atoms with E-state index in [-0.39, 0.29) is 10.7 Å². The summed E-state index contributed by atoms with van der Waals surface area (Å²) in [4.78, 5) is 26.0. The van der Waals surface area contributed by atoms with Crippen molar-refractivity contribution in [2.75, 3.05) is 0 Å². The van der Waals surface area contributed by atoms with Crippen LogP contribution in [-0.4, -0.2) is 9.13 Å². The van der Waals surface area contributed by atoms with Crippen LogP contribution < -0.4 is 11.2 Å². The van der Waals surface area contributed by atoms with E-state index in [2.05, 4.69) is 0 Å². The van der Waals surface area contributed by atoms with E-state index in [1.807, 2.05) is 31.2 Å². The second-order valence-electron chi connectivity index (χ2n) is 6.23. The molecule has 0 atom stereocenters. The number of thiophene rings is 1. The number of hydrogen-bond acceptors (Lipinski definition) is 3. The SMILES string of the molecule is Cc1ccc(Cn2c(=O)n(-c3ccc(F)c(Cl)c3)c(=O)c3sccc32)cc1. The molecular weight excluding hydrogens is 387 g/mol. The van der Waals surface area contributed by atoms with Gasteiger partial charge in [0, 0.05) is 0 Å². The van der Waals surface area contributed by atoms with Crippen LogP contribution in [0.15, 0.2) is 63.5 Å². The lowest BCUT2D eigenvalue weighted by Crippen LogP contribution is -2.38. The topological polar surface area (TPSA) is 44.0 Å². The number of benzene rings is 2. The molecule has 0 radical (unpaired) electrons. The summed E-state index contributed by atoms with van der Waals surface area (Å²) in [6.45, 7) is 2.31. The average molecular weight is 401 g/mol. The van der Waals surface area contributed by atoms with Crippen LogP contribution in [0.4, 0.5) is 4.39 Å². The van der Waals surface area contributed by atoms with Crippen molar-refractivity contribution in [1.82, 2.24) is 9.13 Å². The van der Waals surface area contributed by atoms with Crippen molar-refractivity contribution in [3.8, 4) is 5.69 Å². The van der Waals surface area contributed by atoms with E-state index in [0.29, 0.717) is 16.8 Å². The van der Waals surface area contributed by atoms with E-state index >= 15 is 0 Å². The van der Waals surface area contributed by atoms with Crippen LogP contribution in [-0.2, 0) is 6.54 Å². The Labute approximate surface area is 162 Å². The summed E-state index contributed by atoms with van der Waals surface area (Å²) in [5, 5.41) is 1.63. The van der Waals surface area contributed by atoms with Crippen LogP contribution >= 0.6 is 22.9 Å². The molecule has 0 aliphatic heterocycles. The van der Waals surface area contributed by atoms with Gasteiger partial charge in [-0.1, -0.05) is 41.4 Å². The van der Waals surface area contributed by atoms with Crippen molar-refractivity contribution in [2.24, 2.45) is 0 Å². The molecule has 0 aliphatic rings. The molecule has 2 heterocycles. The Morgan fingerprint density at radius 2 is 1.81 bits per heavy atom. The molecule has 4 nitrogen and oxygen atoms in total. The summed E-state index contributed by atoms with van der Waals surface area (Å²) in [5.41, 5.74) is 1.96. The molecule has 27 heavy (non-hydrogen) atoms. The molecule has 4 rings (SSSR count). The van der Waals surface area contributed by atoms with Crippen molar-refractivity contribution >= 4 is 33.2 Å². The second-order valence-corrected chi connectivity index (χ2v) is 7.55. The number of nitrogens with zero attached hydrogens (tertiary/aromatic N) is 2. The Morgan fingerprint density at radius 1 is 1.07 bits per heavy atom. The third-order valence-corrected chi connectivity index (χ3v) is 5.56. The van der Waals surface area contributed by atoms with Gasteiger partial charge in [-0.2, -0.15) is 0 Å². The minimum Gasteiger partial charge on any atom is -0.288 e. The molecule has 0 saturated heterocycles. The van der Waals surface area contributed by atoms with Gasteiger partial charge < -0.3 is 0 Å². The minimum absolute atomic E-state index is 0.143. The van der Waals surface area contributed by atoms with Gasteiger partial charge in [-0.25, -0.2) is 13.8 Å². The van der Waals surface area contributed by atoms with E-state index in [4.69, 9.17) is 11.6 Å². The fraction of sp³-hybridized carbons (Fsp3) is 0.100. The van der Waals surface area contributed by atoms with E-state index in [1.54, 1.807) is 16.0 Å². The number of fused-ring (bicyclic) bond motifs is 1. The first-order valence-corrected chi connectivity index (χ1v) is 9.45. The fourth-order valence-corrected chi connectivity index (χ4v) is 3.97. The smallest absolute Gasteiger partial charge is 0.288 e. The molecule has 0 amide bonds. The zero-order valence-corrected chi connectivity index (χ0v) is 15.9. The Morgan fingerprint density at radius 3 is 2.52 bits per heavy atom. The summed E-state index contributed by atoms with van der Waals surface area (Å²) in [7, 11) is 0. The lowest BCUT2D eigenvalue weighted by atomic mass is 10.1. The van der Waals surface area contributed by atoms with Crippen molar-refractivity contribution in [2.45, 2.75) is 13.5 Å². The van der Waals surface area contributed by atoms with Gasteiger partial charge in [0.15, 0.2) is 0 Å². The Bertz CT molecular complexity index is 1270. The maximum atomic E-state index is 13.5. The third-order valence-electron chi connectivity index (χ3n) is 4.38. The largest absolute Gasteiger partial charge is 0.336 e. The molecule has 0 N–H and O–H groups in total. The molecule has 0 spiro atoms. The number of aryl methyl sites for hydroxylation is 1. The highest BCUT2D eigenvalue weighted by atomic mass is 35.5. The van der Waals surface area contributed by atoms with Gasteiger partial charge in [-0.05, 0) is 42.1 Å². The number of hydrogen-bond donors (Lipinski definition) is 0. The van der Waals surface area contributed by atoms with Gasteiger partial charge in [0.25, 0.3) is 5.56 Å². The minimum atomic E-state index is -0.606. The third kappa shape index (κ3) is 3.11. The van der Waals surface area contributed by atoms with Crippen LogP contribution in [0.1, 0.15) is 11.1 Å². The summed E-state index contributed by atoms with van der Waals surface area (Å²) >= 11 is 7.12. The second kappa shape index (κ2) is 6.79. The van der Waals surface area contributed by atoms with Gasteiger partial charge in [-0.3, -0.25) is 9.36 Å². The predicted molar refractivity (Wildman–Crippen MR) is 107 cm³/mol. The molecule has 0 fully saturated rings. The maximum absolute atomic E-state index is 13.5. The lowest BCUT2D eigenvalue weighted by molar-refractivity contribution is 0.627. The van der Waals surface area contributed by atoms with Gasteiger partial charge in [-0.15, -0.1) is 11.3 Å². The van der Waals surface area contributed by atoms with Crippen molar-refractivity contribution in [3.05, 3.63) is 96.7 Å². The molecule has 4 aromatic rings. The van der Waals surface area contributed by atoms with Gasteiger partial charge in [0.2, 0.25) is 0 Å². The first-order valence-electron chi connectivity index (χ1n) is 8.20. The number of halogens is 2. The van der Waals surface area contributed by atoms with E-state index in [1.165, 1.54) is 23.5 Å². The standard InChI is InChI=1S/C20H14ClFN2O2S/c1-12-2-4-13(5-3-12)11-23-17-8-9-27-18(17)19(25)24(20(23)26)14-6-7-16(22)15(21)10-14/h2-10H,11H2,1H3. The molecule has 0 bridgehead atoms. The van der Waals surface area contributed by atoms with Gasteiger partial charge >= 0.3 is 5.69 Å². The fourth-order valence-electron chi connectivity index (χ4n) is 2.97. The Hall–Kier alpha value is -2.70. The molecular formula is C20H14ClFN2O2S. The molecule has 7 heteroatoms. The van der Waals surface area contributed by atoms with E-state index < -0.39 is 17.1 Å². The number of rotatable bonds is 3. The van der Waals surface area contributed by atoms with Crippen molar-refractivity contribution in [1.29, 1.82) is 0 Å². The van der Waals surface area contributed by atoms with Crippen LogP contribution in [0.3, 0.4) is 0 Å². The molecule has 136 valence electrons. The van der Waals surface area contributed by atoms with Gasteiger partial charge in [0.05, 0.1) is 22.8 Å². The van der Waals surface area contributed by atoms with E-state index in [0.717, 1.165) is 21.8 Å². The van der Waals surface area contributed by atoms with Crippen LogP contribution in [0.5, 0.6) is 0 Å². The number of aromatic nitrogens is 2. The van der Waals surface area contributed by atoms with Crippen LogP contribution in [0.2, 0.25) is 5.02 Å². The van der Waals surface area contributed by atoms with Crippen LogP contribution in [0, 0.1) is 12.7 Å². The maximum Gasteiger partial charge on any atom is 0.336 e. The zero-order valence-electron chi connectivity index (χ0n) is 14.3. The highest BCUT2D eigenvalue weighted by Gasteiger charge is 2.16. The van der Waals surface area contributed by atoms with E-state index in [9.17, 15) is 14.0 Å².